The van der Waals surface area contributed by atoms with E-state index < -0.39 is 6.04 Å². The summed E-state index contributed by atoms with van der Waals surface area (Å²) < 4.78 is 0. The molecule has 1 atom stereocenters. The highest BCUT2D eigenvalue weighted by molar-refractivity contribution is 5.86. The van der Waals surface area contributed by atoms with Crippen molar-refractivity contribution in [3.63, 3.8) is 0 Å². The number of nitrogens with two attached hydrogens (primary N) is 1. The molecule has 26 heavy (non-hydrogen) atoms. The molecule has 4 heteroatoms. The minimum atomic E-state index is -0.524. The summed E-state index contributed by atoms with van der Waals surface area (Å²) in [5.41, 5.74) is 10.2. The lowest BCUT2D eigenvalue weighted by Gasteiger charge is -2.09. The molecule has 1 heterocycles. The molecule has 1 aromatic heterocycles. The van der Waals surface area contributed by atoms with E-state index in [-0.39, 0.29) is 5.78 Å². The largest absolute Gasteiger partial charge is 0.351 e. The van der Waals surface area contributed by atoms with Gasteiger partial charge in [0, 0.05) is 19.0 Å². The van der Waals surface area contributed by atoms with Crippen molar-refractivity contribution in [3.05, 3.63) is 95.6 Å². The fourth-order valence-electron chi connectivity index (χ4n) is 2.77. The predicted molar refractivity (Wildman–Crippen MR) is 105 cm³/mol. The first-order valence-electron chi connectivity index (χ1n) is 8.76. The van der Waals surface area contributed by atoms with Crippen molar-refractivity contribution >= 4 is 11.9 Å². The van der Waals surface area contributed by atoms with E-state index in [4.69, 9.17) is 5.73 Å². The lowest BCUT2D eigenvalue weighted by molar-refractivity contribution is -0.119. The average molecular weight is 345 g/mol. The molecular formula is C22H23N3O. The Morgan fingerprint density at radius 1 is 1.08 bits per heavy atom. The molecule has 3 aromatic rings. The van der Waals surface area contributed by atoms with Crippen LogP contribution in [0.1, 0.15) is 22.4 Å². The Balaban J connectivity index is 1.51. The standard InChI is InChI=1S/C22H23N3O/c23-21(14-20-15-24-16-25-20)22(26)13-19-11-9-18(10-12-19)8-4-7-17-5-2-1-3-6-17/h1-6,8-12,15-16,21H,7,13-14,23H2,(H,24,25)/b8-4+/t21-/m0/s1. The maximum Gasteiger partial charge on any atom is 0.154 e. The normalized spacial score (nSPS) is 12.3. The second-order valence-electron chi connectivity index (χ2n) is 6.35. The quantitative estimate of drug-likeness (QED) is 0.658. The van der Waals surface area contributed by atoms with Gasteiger partial charge in [-0.05, 0) is 23.1 Å². The van der Waals surface area contributed by atoms with Crippen LogP contribution in [-0.2, 0) is 24.1 Å². The Bertz CT molecular complexity index is 837. The van der Waals surface area contributed by atoms with Gasteiger partial charge in [-0.25, -0.2) is 4.98 Å². The lowest BCUT2D eigenvalue weighted by atomic mass is 10.00. The maximum atomic E-state index is 12.3. The molecule has 0 saturated carbocycles. The Morgan fingerprint density at radius 2 is 1.85 bits per heavy atom. The first kappa shape index (κ1) is 17.8. The van der Waals surface area contributed by atoms with Gasteiger partial charge in [0.15, 0.2) is 5.78 Å². The van der Waals surface area contributed by atoms with E-state index in [1.807, 2.05) is 42.5 Å². The zero-order chi connectivity index (χ0) is 18.2. The second kappa shape index (κ2) is 8.92. The summed E-state index contributed by atoms with van der Waals surface area (Å²) >= 11 is 0. The molecule has 0 fully saturated rings. The van der Waals surface area contributed by atoms with E-state index in [1.54, 1.807) is 12.5 Å². The van der Waals surface area contributed by atoms with E-state index in [0.29, 0.717) is 12.8 Å². The number of allylic oxidation sites excluding steroid dienone is 1. The van der Waals surface area contributed by atoms with Crippen LogP contribution in [0, 0.1) is 0 Å². The van der Waals surface area contributed by atoms with Crippen molar-refractivity contribution < 1.29 is 4.79 Å². The number of benzene rings is 2. The zero-order valence-electron chi connectivity index (χ0n) is 14.6. The van der Waals surface area contributed by atoms with Crippen LogP contribution < -0.4 is 5.73 Å². The van der Waals surface area contributed by atoms with Gasteiger partial charge in [-0.15, -0.1) is 0 Å². The SMILES string of the molecule is N[C@@H](Cc1c[nH]cn1)C(=O)Cc1ccc(/C=C/Cc2ccccc2)cc1. The van der Waals surface area contributed by atoms with Crippen LogP contribution in [0.4, 0.5) is 0 Å². The monoisotopic (exact) mass is 345 g/mol. The molecule has 3 N–H and O–H groups in total. The molecule has 132 valence electrons. The number of carbonyl (C=O) groups excluding carboxylic acids is 1. The van der Waals surface area contributed by atoms with Gasteiger partial charge in [0.2, 0.25) is 0 Å². The third-order valence-electron chi connectivity index (χ3n) is 4.26. The molecule has 2 aromatic carbocycles. The topological polar surface area (TPSA) is 71.8 Å². The van der Waals surface area contributed by atoms with Gasteiger partial charge >= 0.3 is 0 Å². The number of carbonyl (C=O) groups is 1. The zero-order valence-corrected chi connectivity index (χ0v) is 14.6. The minimum absolute atomic E-state index is 0.0281. The summed E-state index contributed by atoms with van der Waals surface area (Å²) in [5.74, 6) is 0.0281. The highest BCUT2D eigenvalue weighted by Crippen LogP contribution is 2.10. The summed E-state index contributed by atoms with van der Waals surface area (Å²) in [7, 11) is 0. The smallest absolute Gasteiger partial charge is 0.154 e. The first-order chi connectivity index (χ1) is 12.7. The highest BCUT2D eigenvalue weighted by Gasteiger charge is 2.15. The summed E-state index contributed by atoms with van der Waals surface area (Å²) in [6.07, 6.45) is 9.32. The molecule has 0 spiro atoms. The van der Waals surface area contributed by atoms with Crippen LogP contribution in [-0.4, -0.2) is 21.8 Å². The number of nitrogens with zero attached hydrogens (tertiary/aromatic N) is 1. The number of rotatable bonds is 8. The number of hydrogen-bond donors (Lipinski definition) is 2. The molecular weight excluding hydrogens is 322 g/mol. The van der Waals surface area contributed by atoms with Crippen molar-refractivity contribution in [2.24, 2.45) is 5.73 Å². The number of aromatic nitrogens is 2. The van der Waals surface area contributed by atoms with E-state index in [0.717, 1.165) is 23.2 Å². The Morgan fingerprint density at radius 3 is 2.54 bits per heavy atom. The average Bonchev–Trinajstić information content (AvgIpc) is 3.17. The number of hydrogen-bond acceptors (Lipinski definition) is 3. The summed E-state index contributed by atoms with van der Waals surface area (Å²) in [6, 6.07) is 17.9. The molecule has 0 bridgehead atoms. The van der Waals surface area contributed by atoms with Crippen molar-refractivity contribution in [2.45, 2.75) is 25.3 Å². The molecule has 3 rings (SSSR count). The van der Waals surface area contributed by atoms with Crippen LogP contribution >= 0.6 is 0 Å². The van der Waals surface area contributed by atoms with E-state index >= 15 is 0 Å². The van der Waals surface area contributed by atoms with Gasteiger partial charge in [-0.1, -0.05) is 66.7 Å². The van der Waals surface area contributed by atoms with Gasteiger partial charge in [0.25, 0.3) is 0 Å². The van der Waals surface area contributed by atoms with E-state index in [1.165, 1.54) is 5.56 Å². The third-order valence-corrected chi connectivity index (χ3v) is 4.26. The molecule has 0 amide bonds. The summed E-state index contributed by atoms with van der Waals surface area (Å²) in [5, 5.41) is 0. The minimum Gasteiger partial charge on any atom is -0.351 e. The first-order valence-corrected chi connectivity index (χ1v) is 8.76. The van der Waals surface area contributed by atoms with E-state index in [2.05, 4.69) is 34.3 Å². The Hall–Kier alpha value is -2.98. The van der Waals surface area contributed by atoms with Gasteiger partial charge in [0.1, 0.15) is 0 Å². The van der Waals surface area contributed by atoms with Gasteiger partial charge < -0.3 is 10.7 Å². The molecule has 4 nitrogen and oxygen atoms in total. The number of H-pyrrole nitrogens is 1. The van der Waals surface area contributed by atoms with Crippen molar-refractivity contribution in [2.75, 3.05) is 0 Å². The lowest BCUT2D eigenvalue weighted by Crippen LogP contribution is -2.34. The molecule has 0 aliphatic rings. The van der Waals surface area contributed by atoms with Crippen LogP contribution in [0.2, 0.25) is 0 Å². The number of Topliss-reactive ketones (excluding diaryl/α,β-unsaturated/α-hetero) is 1. The highest BCUT2D eigenvalue weighted by atomic mass is 16.1. The summed E-state index contributed by atoms with van der Waals surface area (Å²) in [4.78, 5) is 19.3. The molecule has 0 aliphatic heterocycles. The van der Waals surface area contributed by atoms with Crippen LogP contribution in [0.15, 0.2) is 73.2 Å². The van der Waals surface area contributed by atoms with Crippen molar-refractivity contribution in [3.8, 4) is 0 Å². The second-order valence-corrected chi connectivity index (χ2v) is 6.35. The Labute approximate surface area is 153 Å². The van der Waals surface area contributed by atoms with Crippen molar-refractivity contribution in [1.29, 1.82) is 0 Å². The van der Waals surface area contributed by atoms with Gasteiger partial charge in [-0.3, -0.25) is 4.79 Å². The number of nitrogens with one attached hydrogen (secondary N) is 1. The van der Waals surface area contributed by atoms with Crippen LogP contribution in [0.5, 0.6) is 0 Å². The summed E-state index contributed by atoms with van der Waals surface area (Å²) in [6.45, 7) is 0. The number of imidazole rings is 1. The molecule has 0 aliphatic carbocycles. The van der Waals surface area contributed by atoms with Gasteiger partial charge in [-0.2, -0.15) is 0 Å². The van der Waals surface area contributed by atoms with Crippen LogP contribution in [0.3, 0.4) is 0 Å². The van der Waals surface area contributed by atoms with Gasteiger partial charge in [0.05, 0.1) is 18.1 Å². The number of ketones is 1. The molecule has 0 unspecified atom stereocenters. The maximum absolute atomic E-state index is 12.3. The molecule has 0 radical (unpaired) electrons. The van der Waals surface area contributed by atoms with Crippen molar-refractivity contribution in [1.82, 2.24) is 9.97 Å². The Kier molecular flexibility index (Phi) is 6.12. The fourth-order valence-corrected chi connectivity index (χ4v) is 2.77. The third kappa shape index (κ3) is 5.26. The predicted octanol–water partition coefficient (Wildman–Crippen LogP) is 3.35. The molecule has 0 saturated heterocycles. The van der Waals surface area contributed by atoms with Crippen LogP contribution in [0.25, 0.3) is 6.08 Å². The fraction of sp³-hybridized carbons (Fsp3) is 0.182. The number of aromatic amines is 1. The van der Waals surface area contributed by atoms with E-state index in [9.17, 15) is 4.79 Å².